The average molecular weight is 393 g/mol. The summed E-state index contributed by atoms with van der Waals surface area (Å²) in [5, 5.41) is 6.53. The first-order valence-corrected chi connectivity index (χ1v) is 9.07. The lowest BCUT2D eigenvalue weighted by Gasteiger charge is -2.12. The van der Waals surface area contributed by atoms with Crippen molar-refractivity contribution in [3.63, 3.8) is 0 Å². The van der Waals surface area contributed by atoms with E-state index >= 15 is 0 Å². The second kappa shape index (κ2) is 7.74. The highest BCUT2D eigenvalue weighted by Crippen LogP contribution is 2.27. The van der Waals surface area contributed by atoms with E-state index < -0.39 is 5.56 Å². The summed E-state index contributed by atoms with van der Waals surface area (Å²) in [6, 6.07) is 20.9. The van der Waals surface area contributed by atoms with Gasteiger partial charge in [-0.1, -0.05) is 54.1 Å². The molecule has 0 fully saturated rings. The fourth-order valence-electron chi connectivity index (χ4n) is 3.01. The van der Waals surface area contributed by atoms with Gasteiger partial charge >= 0.3 is 5.56 Å². The van der Waals surface area contributed by atoms with Gasteiger partial charge in [-0.2, -0.15) is 5.10 Å². The fraction of sp³-hybridized carbons (Fsp3) is 0.0909. The summed E-state index contributed by atoms with van der Waals surface area (Å²) in [4.78, 5) is 12.9. The van der Waals surface area contributed by atoms with Crippen molar-refractivity contribution in [3.8, 4) is 17.2 Å². The number of hydrogen-bond acceptors (Lipinski definition) is 4. The Labute approximate surface area is 166 Å². The SMILES string of the molecule is COc1ccc(Oc2c(Cl)cnn(Cc3cccc4ccccc34)c2=O)cc1. The molecule has 1 aromatic heterocycles. The zero-order chi connectivity index (χ0) is 19.5. The van der Waals surface area contributed by atoms with E-state index in [-0.39, 0.29) is 10.8 Å². The third-order valence-electron chi connectivity index (χ3n) is 4.44. The normalized spacial score (nSPS) is 10.8. The number of rotatable bonds is 5. The molecule has 0 unspecified atom stereocenters. The smallest absolute Gasteiger partial charge is 0.311 e. The predicted molar refractivity (Wildman–Crippen MR) is 110 cm³/mol. The Morgan fingerprint density at radius 3 is 2.46 bits per heavy atom. The highest BCUT2D eigenvalue weighted by molar-refractivity contribution is 6.31. The van der Waals surface area contributed by atoms with Crippen molar-refractivity contribution in [3.05, 3.63) is 93.9 Å². The number of nitrogens with zero attached hydrogens (tertiary/aromatic N) is 2. The molecule has 1 heterocycles. The minimum atomic E-state index is -0.392. The van der Waals surface area contributed by atoms with Crippen molar-refractivity contribution in [2.45, 2.75) is 6.54 Å². The molecular weight excluding hydrogens is 376 g/mol. The average Bonchev–Trinajstić information content (AvgIpc) is 2.74. The van der Waals surface area contributed by atoms with Crippen molar-refractivity contribution >= 4 is 22.4 Å². The van der Waals surface area contributed by atoms with E-state index in [0.717, 1.165) is 16.3 Å². The van der Waals surface area contributed by atoms with Crippen molar-refractivity contribution in [2.24, 2.45) is 0 Å². The van der Waals surface area contributed by atoms with Crippen LogP contribution >= 0.6 is 11.6 Å². The molecule has 3 aromatic carbocycles. The van der Waals surface area contributed by atoms with E-state index in [1.165, 1.54) is 10.9 Å². The maximum Gasteiger partial charge on any atom is 0.311 e. The van der Waals surface area contributed by atoms with Crippen LogP contribution in [-0.2, 0) is 6.54 Å². The molecule has 0 atom stereocenters. The van der Waals surface area contributed by atoms with Gasteiger partial charge in [-0.15, -0.1) is 0 Å². The lowest BCUT2D eigenvalue weighted by Crippen LogP contribution is -2.24. The maximum absolute atomic E-state index is 12.9. The Morgan fingerprint density at radius 2 is 1.68 bits per heavy atom. The molecule has 28 heavy (non-hydrogen) atoms. The van der Waals surface area contributed by atoms with Gasteiger partial charge in [0.2, 0.25) is 5.75 Å². The molecule has 0 radical (unpaired) electrons. The number of hydrogen-bond donors (Lipinski definition) is 0. The van der Waals surface area contributed by atoms with Crippen LogP contribution in [-0.4, -0.2) is 16.9 Å². The second-order valence-corrected chi connectivity index (χ2v) is 6.61. The largest absolute Gasteiger partial charge is 0.497 e. The minimum absolute atomic E-state index is 0.0436. The Hall–Kier alpha value is -3.31. The van der Waals surface area contributed by atoms with E-state index in [9.17, 15) is 4.79 Å². The maximum atomic E-state index is 12.9. The minimum Gasteiger partial charge on any atom is -0.497 e. The molecule has 0 saturated heterocycles. The number of fused-ring (bicyclic) bond motifs is 1. The first kappa shape index (κ1) is 18.1. The molecule has 0 bridgehead atoms. The molecule has 6 heteroatoms. The predicted octanol–water partition coefficient (Wildman–Crippen LogP) is 4.90. The molecule has 0 aliphatic carbocycles. The highest BCUT2D eigenvalue weighted by atomic mass is 35.5. The quantitative estimate of drug-likeness (QED) is 0.484. The van der Waals surface area contributed by atoms with E-state index in [0.29, 0.717) is 18.0 Å². The summed E-state index contributed by atoms with van der Waals surface area (Å²) < 4.78 is 12.2. The van der Waals surface area contributed by atoms with Crippen molar-refractivity contribution in [2.75, 3.05) is 7.11 Å². The first-order chi connectivity index (χ1) is 13.7. The zero-order valence-electron chi connectivity index (χ0n) is 15.1. The molecular formula is C22H17ClN2O3. The van der Waals surface area contributed by atoms with Crippen LogP contribution in [0.3, 0.4) is 0 Å². The molecule has 0 N–H and O–H groups in total. The number of halogens is 1. The van der Waals surface area contributed by atoms with Crippen LogP contribution in [0.15, 0.2) is 77.7 Å². The van der Waals surface area contributed by atoms with Crippen LogP contribution in [0.5, 0.6) is 17.2 Å². The molecule has 140 valence electrons. The Kier molecular flexibility index (Phi) is 5.00. The summed E-state index contributed by atoms with van der Waals surface area (Å²) in [7, 11) is 1.58. The number of methoxy groups -OCH3 is 1. The van der Waals surface area contributed by atoms with Crippen LogP contribution in [0, 0.1) is 0 Å². The van der Waals surface area contributed by atoms with Crippen LogP contribution in [0.4, 0.5) is 0 Å². The third kappa shape index (κ3) is 3.57. The van der Waals surface area contributed by atoms with Crippen molar-refractivity contribution < 1.29 is 9.47 Å². The first-order valence-electron chi connectivity index (χ1n) is 8.70. The highest BCUT2D eigenvalue weighted by Gasteiger charge is 2.14. The van der Waals surface area contributed by atoms with E-state index in [1.54, 1.807) is 31.4 Å². The Bertz CT molecular complexity index is 1180. The zero-order valence-corrected chi connectivity index (χ0v) is 15.9. The molecule has 0 aliphatic rings. The molecule has 4 rings (SSSR count). The molecule has 0 saturated carbocycles. The molecule has 5 nitrogen and oxygen atoms in total. The van der Waals surface area contributed by atoms with Crippen molar-refractivity contribution in [1.29, 1.82) is 0 Å². The third-order valence-corrected chi connectivity index (χ3v) is 4.70. The topological polar surface area (TPSA) is 53.4 Å². The monoisotopic (exact) mass is 392 g/mol. The van der Waals surface area contributed by atoms with E-state index in [2.05, 4.69) is 5.10 Å². The van der Waals surface area contributed by atoms with Gasteiger partial charge in [0.15, 0.2) is 0 Å². The molecule has 0 amide bonds. The van der Waals surface area contributed by atoms with Gasteiger partial charge in [0, 0.05) is 0 Å². The number of aromatic nitrogens is 2. The van der Waals surface area contributed by atoms with E-state index in [1.807, 2.05) is 42.5 Å². The Morgan fingerprint density at radius 1 is 0.964 bits per heavy atom. The van der Waals surface area contributed by atoms with Crippen LogP contribution < -0.4 is 15.0 Å². The molecule has 0 aliphatic heterocycles. The van der Waals surface area contributed by atoms with Crippen LogP contribution in [0.1, 0.15) is 5.56 Å². The van der Waals surface area contributed by atoms with Gasteiger partial charge in [0.1, 0.15) is 16.5 Å². The summed E-state index contributed by atoms with van der Waals surface area (Å²) in [5.41, 5.74) is 0.599. The van der Waals surface area contributed by atoms with Gasteiger partial charge in [0.05, 0.1) is 19.9 Å². The van der Waals surface area contributed by atoms with Crippen LogP contribution in [0.25, 0.3) is 10.8 Å². The summed E-state index contributed by atoms with van der Waals surface area (Å²) >= 11 is 6.18. The lowest BCUT2D eigenvalue weighted by atomic mass is 10.0. The molecule has 0 spiro atoms. The van der Waals surface area contributed by atoms with Gasteiger partial charge in [-0.05, 0) is 40.6 Å². The summed E-state index contributed by atoms with van der Waals surface area (Å²) in [6.45, 7) is 0.316. The fourth-order valence-corrected chi connectivity index (χ4v) is 3.17. The lowest BCUT2D eigenvalue weighted by molar-refractivity contribution is 0.412. The van der Waals surface area contributed by atoms with Gasteiger partial charge in [-0.25, -0.2) is 4.68 Å². The summed E-state index contributed by atoms with van der Waals surface area (Å²) in [6.07, 6.45) is 1.42. The van der Waals surface area contributed by atoms with E-state index in [4.69, 9.17) is 21.1 Å². The van der Waals surface area contributed by atoms with Gasteiger partial charge in [-0.3, -0.25) is 4.79 Å². The summed E-state index contributed by atoms with van der Waals surface area (Å²) in [5.74, 6) is 1.23. The standard InChI is InChI=1S/C22H17ClN2O3/c1-27-17-9-11-18(12-10-17)28-21-20(23)13-24-25(22(21)26)14-16-7-4-6-15-5-2-3-8-19(15)16/h2-13H,14H2,1H3. The number of benzene rings is 3. The second-order valence-electron chi connectivity index (χ2n) is 6.20. The van der Waals surface area contributed by atoms with Crippen LogP contribution in [0.2, 0.25) is 5.02 Å². The Balaban J connectivity index is 1.69. The van der Waals surface area contributed by atoms with Crippen molar-refractivity contribution in [1.82, 2.24) is 9.78 Å². The van der Waals surface area contributed by atoms with Gasteiger partial charge < -0.3 is 9.47 Å². The number of ether oxygens (including phenoxy) is 2. The molecule has 4 aromatic rings. The van der Waals surface area contributed by atoms with Gasteiger partial charge in [0.25, 0.3) is 0 Å².